The molecule has 27 heavy (non-hydrogen) atoms. The summed E-state index contributed by atoms with van der Waals surface area (Å²) in [6.07, 6.45) is 0.954. The molecule has 8 nitrogen and oxygen atoms in total. The Labute approximate surface area is 162 Å². The fourth-order valence-corrected chi connectivity index (χ4v) is 4.92. The van der Waals surface area contributed by atoms with E-state index >= 15 is 0 Å². The van der Waals surface area contributed by atoms with E-state index in [1.54, 1.807) is 11.3 Å². The zero-order valence-corrected chi connectivity index (χ0v) is 17.0. The number of hydrogen-bond acceptors (Lipinski definition) is 6. The number of amides is 4. The van der Waals surface area contributed by atoms with E-state index in [9.17, 15) is 18.0 Å². The Bertz CT molecular complexity index is 970. The van der Waals surface area contributed by atoms with E-state index in [1.165, 1.54) is 4.70 Å². The van der Waals surface area contributed by atoms with Gasteiger partial charge in [-0.1, -0.05) is 18.2 Å². The Morgan fingerprint density at radius 1 is 1.30 bits per heavy atom. The van der Waals surface area contributed by atoms with E-state index in [2.05, 4.69) is 16.8 Å². The Hall–Kier alpha value is -2.17. The second kappa shape index (κ2) is 7.45. The van der Waals surface area contributed by atoms with Gasteiger partial charge in [-0.25, -0.2) is 27.2 Å². The lowest BCUT2D eigenvalue weighted by Crippen LogP contribution is -2.45. The van der Waals surface area contributed by atoms with Crippen LogP contribution < -0.4 is 5.32 Å². The fourth-order valence-electron chi connectivity index (χ4n) is 3.12. The van der Waals surface area contributed by atoms with Gasteiger partial charge in [-0.2, -0.15) is 0 Å². The van der Waals surface area contributed by atoms with E-state index in [-0.39, 0.29) is 19.1 Å². The van der Waals surface area contributed by atoms with Crippen molar-refractivity contribution < 1.29 is 18.0 Å². The van der Waals surface area contributed by atoms with Crippen LogP contribution >= 0.6 is 11.3 Å². The molecule has 0 bridgehead atoms. The molecule has 2 heterocycles. The average Bonchev–Trinajstić information content (AvgIpc) is 3.18. The fraction of sp³-hybridized carbons (Fsp3) is 0.412. The third-order valence-corrected chi connectivity index (χ3v) is 6.68. The Morgan fingerprint density at radius 3 is 2.63 bits per heavy atom. The van der Waals surface area contributed by atoms with Gasteiger partial charge in [0.1, 0.15) is 0 Å². The molecule has 0 aliphatic carbocycles. The van der Waals surface area contributed by atoms with Crippen LogP contribution in [0.25, 0.3) is 10.1 Å². The number of thiophene rings is 1. The predicted octanol–water partition coefficient (Wildman–Crippen LogP) is 1.91. The normalized spacial score (nSPS) is 16.4. The zero-order valence-electron chi connectivity index (χ0n) is 15.4. The first-order valence-corrected chi connectivity index (χ1v) is 11.1. The van der Waals surface area contributed by atoms with E-state index < -0.39 is 22.1 Å². The molecule has 1 aliphatic heterocycles. The molecule has 1 N–H and O–H groups in total. The van der Waals surface area contributed by atoms with Crippen molar-refractivity contribution in [1.82, 2.24) is 19.4 Å². The van der Waals surface area contributed by atoms with Crippen molar-refractivity contribution >= 4 is 43.5 Å². The number of sulfonamides is 1. The average molecular weight is 411 g/mol. The van der Waals surface area contributed by atoms with Crippen molar-refractivity contribution in [2.24, 2.45) is 0 Å². The minimum Gasteiger partial charge on any atom is -0.336 e. The molecule has 1 atom stereocenters. The molecule has 1 aromatic carbocycles. The van der Waals surface area contributed by atoms with Gasteiger partial charge in [0, 0.05) is 11.2 Å². The number of hydrogen-bond donors (Lipinski definition) is 1. The van der Waals surface area contributed by atoms with Crippen LogP contribution in [0.2, 0.25) is 0 Å². The van der Waals surface area contributed by atoms with Crippen molar-refractivity contribution in [1.29, 1.82) is 0 Å². The molecule has 1 fully saturated rings. The van der Waals surface area contributed by atoms with Crippen LogP contribution in [-0.4, -0.2) is 74.6 Å². The first-order valence-electron chi connectivity index (χ1n) is 8.39. The van der Waals surface area contributed by atoms with Crippen LogP contribution in [0.1, 0.15) is 11.6 Å². The summed E-state index contributed by atoms with van der Waals surface area (Å²) < 4.78 is 25.1. The molecule has 2 aromatic rings. The third kappa shape index (κ3) is 3.92. The Kier molecular flexibility index (Phi) is 5.41. The minimum atomic E-state index is -3.67. The number of benzene rings is 1. The standard InChI is InChI=1S/C17H22N4O4S2/c1-19(2)14(13-11-26-15-7-5-4-6-12(13)15)10-18-16(22)20-8-9-21(17(20)23)27(3,24)25/h4-7,11,14H,8-10H2,1-3H3,(H,18,22)/t14-/m0/s1. The zero-order chi connectivity index (χ0) is 19.8. The molecule has 3 rings (SSSR count). The van der Waals surface area contributed by atoms with Gasteiger partial charge in [0.2, 0.25) is 10.0 Å². The smallest absolute Gasteiger partial charge is 0.336 e. The van der Waals surface area contributed by atoms with Gasteiger partial charge >= 0.3 is 12.1 Å². The van der Waals surface area contributed by atoms with Crippen molar-refractivity contribution in [2.45, 2.75) is 6.04 Å². The second-order valence-electron chi connectivity index (χ2n) is 6.62. The maximum absolute atomic E-state index is 12.4. The molecule has 1 aromatic heterocycles. The van der Waals surface area contributed by atoms with Gasteiger partial charge < -0.3 is 10.2 Å². The lowest BCUT2D eigenvalue weighted by atomic mass is 10.0. The quantitative estimate of drug-likeness (QED) is 0.813. The molecular formula is C17H22N4O4S2. The highest BCUT2D eigenvalue weighted by molar-refractivity contribution is 7.88. The maximum Gasteiger partial charge on any atom is 0.341 e. The molecule has 1 aliphatic rings. The number of carbonyl (C=O) groups is 2. The number of nitrogens with one attached hydrogen (secondary N) is 1. The summed E-state index contributed by atoms with van der Waals surface area (Å²) in [4.78, 5) is 27.6. The van der Waals surface area contributed by atoms with E-state index in [1.807, 2.05) is 37.2 Å². The summed E-state index contributed by atoms with van der Waals surface area (Å²) in [5, 5.41) is 5.98. The second-order valence-corrected chi connectivity index (χ2v) is 9.44. The van der Waals surface area contributed by atoms with Crippen molar-refractivity contribution in [3.8, 4) is 0 Å². The van der Waals surface area contributed by atoms with Crippen LogP contribution in [0.3, 0.4) is 0 Å². The molecule has 0 unspecified atom stereocenters. The molecule has 1 saturated heterocycles. The number of fused-ring (bicyclic) bond motifs is 1. The van der Waals surface area contributed by atoms with Crippen LogP contribution in [-0.2, 0) is 10.0 Å². The number of urea groups is 2. The topological polar surface area (TPSA) is 90.0 Å². The minimum absolute atomic E-state index is 0.0165. The number of rotatable bonds is 5. The number of likely N-dealkylation sites (N-methyl/N-ethyl adjacent to an activating group) is 1. The first kappa shape index (κ1) is 19.6. The SMILES string of the molecule is CN(C)[C@@H](CNC(=O)N1CCN(S(C)(=O)=O)C1=O)c1csc2ccccc12. The van der Waals surface area contributed by atoms with Gasteiger partial charge in [-0.05, 0) is 36.5 Å². The van der Waals surface area contributed by atoms with Crippen LogP contribution in [0.4, 0.5) is 9.59 Å². The number of nitrogens with zero attached hydrogens (tertiary/aromatic N) is 3. The highest BCUT2D eigenvalue weighted by atomic mass is 32.2. The summed E-state index contributed by atoms with van der Waals surface area (Å²) in [6, 6.07) is 6.60. The maximum atomic E-state index is 12.4. The molecule has 0 spiro atoms. The van der Waals surface area contributed by atoms with Crippen LogP contribution in [0.5, 0.6) is 0 Å². The molecule has 4 amide bonds. The van der Waals surface area contributed by atoms with Gasteiger partial charge in [-0.15, -0.1) is 11.3 Å². The molecular weight excluding hydrogens is 388 g/mol. The Balaban J connectivity index is 1.72. The van der Waals surface area contributed by atoms with Crippen molar-refractivity contribution in [2.75, 3.05) is 40.0 Å². The first-order chi connectivity index (χ1) is 12.7. The molecule has 0 radical (unpaired) electrons. The van der Waals surface area contributed by atoms with Gasteiger partial charge in [0.25, 0.3) is 0 Å². The van der Waals surface area contributed by atoms with Crippen LogP contribution in [0.15, 0.2) is 29.6 Å². The van der Waals surface area contributed by atoms with E-state index in [0.29, 0.717) is 10.8 Å². The predicted molar refractivity (Wildman–Crippen MR) is 105 cm³/mol. The third-order valence-electron chi connectivity index (χ3n) is 4.56. The molecule has 10 heteroatoms. The Morgan fingerprint density at radius 2 is 2.00 bits per heavy atom. The number of imide groups is 1. The number of carbonyl (C=O) groups excluding carboxylic acids is 2. The van der Waals surface area contributed by atoms with Gasteiger partial charge in [0.15, 0.2) is 0 Å². The van der Waals surface area contributed by atoms with Crippen LogP contribution in [0, 0.1) is 0 Å². The van der Waals surface area contributed by atoms with E-state index in [0.717, 1.165) is 22.1 Å². The molecule has 146 valence electrons. The largest absolute Gasteiger partial charge is 0.341 e. The van der Waals surface area contributed by atoms with Crippen molar-refractivity contribution in [3.63, 3.8) is 0 Å². The lowest BCUT2D eigenvalue weighted by Gasteiger charge is -2.25. The molecule has 0 saturated carbocycles. The lowest BCUT2D eigenvalue weighted by molar-refractivity contribution is 0.191. The van der Waals surface area contributed by atoms with Gasteiger partial charge in [-0.3, -0.25) is 0 Å². The summed E-state index contributed by atoms with van der Waals surface area (Å²) in [5.41, 5.74) is 1.10. The summed E-state index contributed by atoms with van der Waals surface area (Å²) in [7, 11) is 0.185. The monoisotopic (exact) mass is 410 g/mol. The van der Waals surface area contributed by atoms with Crippen molar-refractivity contribution in [3.05, 3.63) is 35.2 Å². The van der Waals surface area contributed by atoms with E-state index in [4.69, 9.17) is 0 Å². The highest BCUT2D eigenvalue weighted by Crippen LogP contribution is 2.32. The highest BCUT2D eigenvalue weighted by Gasteiger charge is 2.38. The summed E-state index contributed by atoms with van der Waals surface area (Å²) in [5.74, 6) is 0. The summed E-state index contributed by atoms with van der Waals surface area (Å²) >= 11 is 1.65. The van der Waals surface area contributed by atoms with Gasteiger partial charge in [0.05, 0.1) is 25.4 Å². The summed E-state index contributed by atoms with van der Waals surface area (Å²) in [6.45, 7) is 0.332.